The highest BCUT2D eigenvalue weighted by atomic mass is 79.9. The molecular weight excluding hydrogens is 302 g/mol. The van der Waals surface area contributed by atoms with E-state index in [-0.39, 0.29) is 17.0 Å². The lowest BCUT2D eigenvalue weighted by Crippen LogP contribution is -3.00. The molecule has 0 saturated heterocycles. The van der Waals surface area contributed by atoms with Crippen LogP contribution in [0, 0.1) is 0 Å². The SMILES string of the molecule is Clc1ccc(N2CC[n+]3ccccc32)nc1.[Br-]. The van der Waals surface area contributed by atoms with Crippen molar-refractivity contribution in [1.29, 1.82) is 0 Å². The predicted molar refractivity (Wildman–Crippen MR) is 62.9 cm³/mol. The minimum atomic E-state index is 0. The molecule has 0 unspecified atom stereocenters. The third-order valence-electron chi connectivity index (χ3n) is 2.75. The number of hydrogen-bond acceptors (Lipinski definition) is 2. The van der Waals surface area contributed by atoms with E-state index in [1.807, 2.05) is 24.3 Å². The molecule has 0 radical (unpaired) electrons. The minimum Gasteiger partial charge on any atom is -1.00 e. The van der Waals surface area contributed by atoms with E-state index in [1.54, 1.807) is 6.20 Å². The number of pyridine rings is 2. The van der Waals surface area contributed by atoms with Crippen LogP contribution in [-0.4, -0.2) is 11.5 Å². The Hall–Kier alpha value is -1.13. The van der Waals surface area contributed by atoms with Gasteiger partial charge in [0.05, 0.1) is 17.4 Å². The van der Waals surface area contributed by atoms with E-state index in [0.29, 0.717) is 5.02 Å². The number of aromatic nitrogens is 2. The summed E-state index contributed by atoms with van der Waals surface area (Å²) in [5.41, 5.74) is 0. The second-order valence-electron chi connectivity index (χ2n) is 3.74. The average Bonchev–Trinajstić information content (AvgIpc) is 2.74. The van der Waals surface area contributed by atoms with Crippen LogP contribution < -0.4 is 26.4 Å². The topological polar surface area (TPSA) is 20.0 Å². The summed E-state index contributed by atoms with van der Waals surface area (Å²) in [6.07, 6.45) is 3.77. The van der Waals surface area contributed by atoms with Crippen molar-refractivity contribution in [3.05, 3.63) is 47.7 Å². The maximum absolute atomic E-state index is 5.83. The van der Waals surface area contributed by atoms with Gasteiger partial charge in [-0.2, -0.15) is 0 Å². The molecule has 17 heavy (non-hydrogen) atoms. The lowest BCUT2D eigenvalue weighted by Gasteiger charge is -2.07. The minimum absolute atomic E-state index is 0. The largest absolute Gasteiger partial charge is 1.00 e. The van der Waals surface area contributed by atoms with Gasteiger partial charge in [0.2, 0.25) is 5.82 Å². The normalized spacial score (nSPS) is 13.1. The van der Waals surface area contributed by atoms with Gasteiger partial charge in [0.25, 0.3) is 5.82 Å². The number of rotatable bonds is 1. The van der Waals surface area contributed by atoms with E-state index in [1.165, 1.54) is 5.82 Å². The number of anilines is 2. The fourth-order valence-corrected chi connectivity index (χ4v) is 2.10. The van der Waals surface area contributed by atoms with Gasteiger partial charge in [-0.25, -0.2) is 14.5 Å². The number of halogens is 2. The fourth-order valence-electron chi connectivity index (χ4n) is 1.98. The van der Waals surface area contributed by atoms with Crippen molar-refractivity contribution in [3.63, 3.8) is 0 Å². The van der Waals surface area contributed by atoms with E-state index < -0.39 is 0 Å². The highest BCUT2D eigenvalue weighted by Gasteiger charge is 2.28. The van der Waals surface area contributed by atoms with E-state index in [4.69, 9.17) is 11.6 Å². The van der Waals surface area contributed by atoms with Crippen LogP contribution in [0.4, 0.5) is 11.6 Å². The van der Waals surface area contributed by atoms with Gasteiger partial charge in [-0.15, -0.1) is 0 Å². The standard InChI is InChI=1S/C12H11ClN3.BrH/c13-10-4-5-11(14-9-10)16-8-7-15-6-2-1-3-12(15)16;/h1-6,9H,7-8H2;1H/q+1;/p-1. The lowest BCUT2D eigenvalue weighted by atomic mass is 10.4. The zero-order chi connectivity index (χ0) is 11.0. The van der Waals surface area contributed by atoms with Crippen LogP contribution in [-0.2, 0) is 6.54 Å². The molecule has 1 aliphatic rings. The van der Waals surface area contributed by atoms with Gasteiger partial charge in [0.15, 0.2) is 0 Å². The summed E-state index contributed by atoms with van der Waals surface area (Å²) in [7, 11) is 0. The molecular formula is C12H11BrClN3. The van der Waals surface area contributed by atoms with Crippen molar-refractivity contribution in [2.45, 2.75) is 6.54 Å². The monoisotopic (exact) mass is 311 g/mol. The van der Waals surface area contributed by atoms with Crippen LogP contribution in [0.3, 0.4) is 0 Å². The van der Waals surface area contributed by atoms with Gasteiger partial charge in [0.1, 0.15) is 13.1 Å². The molecule has 88 valence electrons. The molecule has 1 aliphatic heterocycles. The van der Waals surface area contributed by atoms with Crippen molar-refractivity contribution in [3.8, 4) is 0 Å². The lowest BCUT2D eigenvalue weighted by molar-refractivity contribution is -0.670. The molecule has 5 heteroatoms. The molecule has 3 rings (SSSR count). The van der Waals surface area contributed by atoms with Crippen molar-refractivity contribution in [2.75, 3.05) is 11.4 Å². The van der Waals surface area contributed by atoms with Crippen LogP contribution in [0.25, 0.3) is 0 Å². The van der Waals surface area contributed by atoms with Gasteiger partial charge >= 0.3 is 0 Å². The Labute approximate surface area is 115 Å². The molecule has 0 atom stereocenters. The fraction of sp³-hybridized carbons (Fsp3) is 0.167. The van der Waals surface area contributed by atoms with Crippen molar-refractivity contribution >= 4 is 23.2 Å². The second-order valence-corrected chi connectivity index (χ2v) is 4.17. The van der Waals surface area contributed by atoms with Crippen LogP contribution >= 0.6 is 11.6 Å². The summed E-state index contributed by atoms with van der Waals surface area (Å²) in [6.45, 7) is 1.96. The Kier molecular flexibility index (Phi) is 3.64. The molecule has 0 saturated carbocycles. The molecule has 2 aromatic rings. The summed E-state index contributed by atoms with van der Waals surface area (Å²) in [4.78, 5) is 6.53. The number of hydrogen-bond donors (Lipinski definition) is 0. The Morgan fingerprint density at radius 1 is 1.24 bits per heavy atom. The Balaban J connectivity index is 0.00000108. The predicted octanol–water partition coefficient (Wildman–Crippen LogP) is -0.822. The van der Waals surface area contributed by atoms with E-state index in [0.717, 1.165) is 18.9 Å². The summed E-state index contributed by atoms with van der Waals surface area (Å²) < 4.78 is 2.22. The zero-order valence-corrected chi connectivity index (χ0v) is 11.4. The number of fused-ring (bicyclic) bond motifs is 1. The van der Waals surface area contributed by atoms with Crippen LogP contribution in [0.15, 0.2) is 42.7 Å². The maximum Gasteiger partial charge on any atom is 0.283 e. The van der Waals surface area contributed by atoms with E-state index in [2.05, 4.69) is 26.7 Å². The molecule has 0 aliphatic carbocycles. The maximum atomic E-state index is 5.83. The quantitative estimate of drug-likeness (QED) is 0.641. The molecule has 3 nitrogen and oxygen atoms in total. The highest BCUT2D eigenvalue weighted by molar-refractivity contribution is 6.30. The molecule has 0 fully saturated rings. The summed E-state index contributed by atoms with van der Waals surface area (Å²) >= 11 is 5.83. The summed E-state index contributed by atoms with van der Waals surface area (Å²) in [6, 6.07) is 10.0. The average molecular weight is 313 g/mol. The smallest absolute Gasteiger partial charge is 0.283 e. The van der Waals surface area contributed by atoms with Gasteiger partial charge < -0.3 is 17.0 Å². The van der Waals surface area contributed by atoms with Crippen molar-refractivity contribution in [1.82, 2.24) is 4.98 Å². The second kappa shape index (κ2) is 5.02. The van der Waals surface area contributed by atoms with Gasteiger partial charge in [-0.1, -0.05) is 17.7 Å². The Morgan fingerprint density at radius 2 is 2.12 bits per heavy atom. The number of nitrogens with zero attached hydrogens (tertiary/aromatic N) is 3. The van der Waals surface area contributed by atoms with Crippen LogP contribution in [0.2, 0.25) is 5.02 Å². The molecule has 0 bridgehead atoms. The first-order chi connectivity index (χ1) is 7.84. The molecule has 0 aromatic carbocycles. The molecule has 0 amide bonds. The summed E-state index contributed by atoms with van der Waals surface area (Å²) in [5, 5.41) is 0.670. The van der Waals surface area contributed by atoms with Gasteiger partial charge in [-0.05, 0) is 12.1 Å². The Bertz CT molecular complexity index is 515. The Morgan fingerprint density at radius 3 is 2.88 bits per heavy atom. The van der Waals surface area contributed by atoms with E-state index in [9.17, 15) is 0 Å². The zero-order valence-electron chi connectivity index (χ0n) is 9.05. The van der Waals surface area contributed by atoms with Gasteiger partial charge in [0, 0.05) is 12.1 Å². The highest BCUT2D eigenvalue weighted by Crippen LogP contribution is 2.23. The third-order valence-corrected chi connectivity index (χ3v) is 2.97. The first-order valence-corrected chi connectivity index (χ1v) is 5.60. The first kappa shape index (κ1) is 12.3. The molecule has 3 heterocycles. The van der Waals surface area contributed by atoms with Crippen molar-refractivity contribution < 1.29 is 21.5 Å². The van der Waals surface area contributed by atoms with Crippen LogP contribution in [0.5, 0.6) is 0 Å². The van der Waals surface area contributed by atoms with Crippen LogP contribution in [0.1, 0.15) is 0 Å². The van der Waals surface area contributed by atoms with Gasteiger partial charge in [-0.3, -0.25) is 0 Å². The first-order valence-electron chi connectivity index (χ1n) is 5.22. The van der Waals surface area contributed by atoms with E-state index >= 15 is 0 Å². The summed E-state index contributed by atoms with van der Waals surface area (Å²) in [5.74, 6) is 2.12. The third kappa shape index (κ3) is 2.28. The van der Waals surface area contributed by atoms with Crippen molar-refractivity contribution in [2.24, 2.45) is 0 Å². The molecule has 2 aromatic heterocycles. The molecule has 0 spiro atoms. The molecule has 0 N–H and O–H groups in total.